The Morgan fingerprint density at radius 3 is 2.92 bits per heavy atom. The second kappa shape index (κ2) is 4.84. The molecule has 0 bridgehead atoms. The lowest BCUT2D eigenvalue weighted by molar-refractivity contribution is 1.44. The lowest BCUT2D eigenvalue weighted by Crippen LogP contribution is -2.09. The number of hydrogen-bond acceptors (Lipinski definition) is 2. The number of hydrogen-bond donors (Lipinski definition) is 1. The predicted octanol–water partition coefficient (Wildman–Crippen LogP) is 2.83. The third kappa shape index (κ3) is 3.56. The molecule has 2 N–H and O–H groups in total. The van der Waals surface area contributed by atoms with Crippen LogP contribution in [0.5, 0.6) is 0 Å². The summed E-state index contributed by atoms with van der Waals surface area (Å²) in [6.07, 6.45) is 0. The van der Waals surface area contributed by atoms with Crippen molar-refractivity contribution in [2.45, 2.75) is 4.90 Å². The second-order valence-corrected chi connectivity index (χ2v) is 4.70. The van der Waals surface area contributed by atoms with Gasteiger partial charge in [0.05, 0.1) is 4.99 Å². The zero-order valence-electron chi connectivity index (χ0n) is 6.29. The highest BCUT2D eigenvalue weighted by atomic mass is 79.9. The Labute approximate surface area is 89.9 Å². The Morgan fingerprint density at radius 2 is 2.33 bits per heavy atom. The van der Waals surface area contributed by atoms with Crippen molar-refractivity contribution >= 4 is 44.9 Å². The maximum absolute atomic E-state index is 5.38. The van der Waals surface area contributed by atoms with Crippen molar-refractivity contribution in [1.29, 1.82) is 0 Å². The van der Waals surface area contributed by atoms with Crippen molar-refractivity contribution in [3.8, 4) is 0 Å². The molecule has 4 heteroatoms. The number of nitrogens with two attached hydrogens (primary N) is 1. The number of rotatable bonds is 3. The summed E-state index contributed by atoms with van der Waals surface area (Å²) in [6, 6.07) is 8.06. The molecule has 0 radical (unpaired) electrons. The molecule has 0 unspecified atom stereocenters. The van der Waals surface area contributed by atoms with E-state index in [1.165, 1.54) is 4.90 Å². The molecule has 0 heterocycles. The maximum atomic E-state index is 5.38. The Balaban J connectivity index is 2.57. The highest BCUT2D eigenvalue weighted by Gasteiger charge is 1.95. The van der Waals surface area contributed by atoms with Gasteiger partial charge in [0, 0.05) is 15.1 Å². The van der Waals surface area contributed by atoms with Gasteiger partial charge in [0.1, 0.15) is 0 Å². The molecule has 0 aliphatic heterocycles. The highest BCUT2D eigenvalue weighted by molar-refractivity contribution is 9.10. The van der Waals surface area contributed by atoms with Crippen LogP contribution in [0.15, 0.2) is 33.6 Å². The molecule has 1 aromatic carbocycles. The van der Waals surface area contributed by atoms with Gasteiger partial charge < -0.3 is 5.73 Å². The number of benzene rings is 1. The minimum atomic E-state index is 0.542. The monoisotopic (exact) mass is 261 g/mol. The van der Waals surface area contributed by atoms with E-state index in [9.17, 15) is 0 Å². The van der Waals surface area contributed by atoms with Crippen molar-refractivity contribution in [3.63, 3.8) is 0 Å². The normalized spacial score (nSPS) is 9.75. The van der Waals surface area contributed by atoms with E-state index in [1.54, 1.807) is 11.8 Å². The summed E-state index contributed by atoms with van der Waals surface area (Å²) in [5.74, 6) is 0.700. The first-order valence-electron chi connectivity index (χ1n) is 3.35. The van der Waals surface area contributed by atoms with Gasteiger partial charge >= 0.3 is 0 Å². The molecule has 12 heavy (non-hydrogen) atoms. The molecule has 0 aromatic heterocycles. The number of thiocarbonyl (C=S) groups is 1. The van der Waals surface area contributed by atoms with Gasteiger partial charge in [-0.3, -0.25) is 0 Å². The summed E-state index contributed by atoms with van der Waals surface area (Å²) in [6.45, 7) is 0. The van der Waals surface area contributed by atoms with Gasteiger partial charge in [0.25, 0.3) is 0 Å². The van der Waals surface area contributed by atoms with E-state index in [4.69, 9.17) is 18.0 Å². The lowest BCUT2D eigenvalue weighted by Gasteiger charge is -1.99. The summed E-state index contributed by atoms with van der Waals surface area (Å²) in [5.41, 5.74) is 5.38. The van der Waals surface area contributed by atoms with Gasteiger partial charge in [-0.1, -0.05) is 34.2 Å². The maximum Gasteiger partial charge on any atom is 0.0831 e. The van der Waals surface area contributed by atoms with Gasteiger partial charge in [-0.2, -0.15) is 0 Å². The van der Waals surface area contributed by atoms with Crippen LogP contribution in [0.4, 0.5) is 0 Å². The minimum Gasteiger partial charge on any atom is -0.393 e. The summed E-state index contributed by atoms with van der Waals surface area (Å²) in [5, 5.41) is 0. The minimum absolute atomic E-state index is 0.542. The van der Waals surface area contributed by atoms with Crippen LogP contribution in [0.3, 0.4) is 0 Å². The Kier molecular flexibility index (Phi) is 4.05. The zero-order chi connectivity index (χ0) is 8.97. The fourth-order valence-electron chi connectivity index (χ4n) is 0.711. The smallest absolute Gasteiger partial charge is 0.0831 e. The van der Waals surface area contributed by atoms with Gasteiger partial charge in [-0.25, -0.2) is 0 Å². The average molecular weight is 262 g/mol. The third-order valence-corrected chi connectivity index (χ3v) is 3.04. The first-order valence-corrected chi connectivity index (χ1v) is 5.54. The topological polar surface area (TPSA) is 26.0 Å². The number of thioether (sulfide) groups is 1. The van der Waals surface area contributed by atoms with Crippen LogP contribution < -0.4 is 5.73 Å². The van der Waals surface area contributed by atoms with Crippen LogP contribution in [0.2, 0.25) is 0 Å². The molecule has 1 rings (SSSR count). The quantitative estimate of drug-likeness (QED) is 0.670. The summed E-state index contributed by atoms with van der Waals surface area (Å²) < 4.78 is 1.08. The van der Waals surface area contributed by atoms with Crippen molar-refractivity contribution < 1.29 is 0 Å². The third-order valence-electron chi connectivity index (χ3n) is 1.18. The van der Waals surface area contributed by atoms with Crippen molar-refractivity contribution in [2.75, 3.05) is 5.75 Å². The lowest BCUT2D eigenvalue weighted by atomic mass is 10.4. The second-order valence-electron chi connectivity index (χ2n) is 2.21. The molecule has 0 atom stereocenters. The molecule has 0 spiro atoms. The zero-order valence-corrected chi connectivity index (χ0v) is 9.51. The standard InChI is InChI=1S/C8H8BrNS2/c9-6-2-1-3-7(4-6)12-5-8(10)11/h1-4H,5H2,(H2,10,11). The summed E-state index contributed by atoms with van der Waals surface area (Å²) in [4.78, 5) is 1.72. The molecule has 64 valence electrons. The molecule has 0 amide bonds. The molecule has 0 saturated heterocycles. The molecule has 1 nitrogen and oxygen atoms in total. The Hall–Kier alpha value is -0.0600. The fourth-order valence-corrected chi connectivity index (χ4v) is 2.13. The van der Waals surface area contributed by atoms with Crippen molar-refractivity contribution in [3.05, 3.63) is 28.7 Å². The van der Waals surface area contributed by atoms with Crippen molar-refractivity contribution in [1.82, 2.24) is 0 Å². The average Bonchev–Trinajstić information content (AvgIpc) is 2.01. The van der Waals surface area contributed by atoms with Crippen LogP contribution in [-0.4, -0.2) is 10.7 Å². The van der Waals surface area contributed by atoms with E-state index in [2.05, 4.69) is 15.9 Å². The van der Waals surface area contributed by atoms with Gasteiger partial charge in [0.15, 0.2) is 0 Å². The fraction of sp³-hybridized carbons (Fsp3) is 0.125. The number of halogens is 1. The Morgan fingerprint density at radius 1 is 1.58 bits per heavy atom. The largest absolute Gasteiger partial charge is 0.393 e. The van der Waals surface area contributed by atoms with E-state index < -0.39 is 0 Å². The van der Waals surface area contributed by atoms with E-state index in [-0.39, 0.29) is 0 Å². The molecule has 1 aromatic rings. The molecule has 0 aliphatic carbocycles. The first kappa shape index (κ1) is 10.0. The summed E-state index contributed by atoms with van der Waals surface area (Å²) >= 11 is 9.81. The van der Waals surface area contributed by atoms with E-state index >= 15 is 0 Å². The summed E-state index contributed by atoms with van der Waals surface area (Å²) in [7, 11) is 0. The van der Waals surface area contributed by atoms with Gasteiger partial charge in [0.2, 0.25) is 0 Å². The molecule has 0 aliphatic rings. The van der Waals surface area contributed by atoms with Crippen molar-refractivity contribution in [2.24, 2.45) is 5.73 Å². The highest BCUT2D eigenvalue weighted by Crippen LogP contribution is 2.21. The van der Waals surface area contributed by atoms with Crippen LogP contribution in [0.1, 0.15) is 0 Å². The Bertz CT molecular complexity index is 288. The predicted molar refractivity (Wildman–Crippen MR) is 61.7 cm³/mol. The van der Waals surface area contributed by atoms with E-state index in [1.807, 2.05) is 24.3 Å². The molecular weight excluding hydrogens is 254 g/mol. The first-order chi connectivity index (χ1) is 5.68. The van der Waals surface area contributed by atoms with Crippen LogP contribution >= 0.6 is 39.9 Å². The molecular formula is C8H8BrNS2. The van der Waals surface area contributed by atoms with E-state index in [0.717, 1.165) is 4.47 Å². The van der Waals surface area contributed by atoms with Crippen LogP contribution in [0.25, 0.3) is 0 Å². The van der Waals surface area contributed by atoms with Gasteiger partial charge in [-0.05, 0) is 18.2 Å². The van der Waals surface area contributed by atoms with Crippen LogP contribution in [0, 0.1) is 0 Å². The molecule has 0 saturated carbocycles. The van der Waals surface area contributed by atoms with E-state index in [0.29, 0.717) is 10.7 Å². The van der Waals surface area contributed by atoms with Gasteiger partial charge in [-0.15, -0.1) is 11.8 Å². The molecule has 0 fully saturated rings. The SMILES string of the molecule is NC(=S)CSc1cccc(Br)c1. The van der Waals surface area contributed by atoms with Crippen LogP contribution in [-0.2, 0) is 0 Å².